The van der Waals surface area contributed by atoms with Gasteiger partial charge in [-0.1, -0.05) is 81.3 Å². The van der Waals surface area contributed by atoms with Gasteiger partial charge in [-0.15, -0.1) is 0 Å². The van der Waals surface area contributed by atoms with Gasteiger partial charge in [-0.25, -0.2) is 55.1 Å². The molecule has 3 saturated heterocycles. The lowest BCUT2D eigenvalue weighted by molar-refractivity contribution is -0.131. The molecule has 0 saturated carbocycles. The molecule has 12 aromatic heterocycles. The number of aromatic amines is 4. The third kappa shape index (κ3) is 16.5. The number of amides is 3. The van der Waals surface area contributed by atoms with Gasteiger partial charge in [-0.2, -0.15) is 5.26 Å². The number of nitriles is 1. The van der Waals surface area contributed by atoms with Gasteiger partial charge in [-0.3, -0.25) is 14.4 Å². The topological polar surface area (TPSA) is 324 Å². The SMILES string of the molecule is CC(=O)N1CCC(c2cnc3[nH]cc(-c4oncc4-c4cccc(F)c4F)c3c2)CC1.CC(=O)Nc1cccc(-c2cnc3[nH]cc(-c4oncc4-c4cccc(F)c4F)c3c2)c1.Fc1cccc(-c2cnoc2-c2c[nH]c3ncc(C4CCNCC4)cc23)c1F.N#CCC(=O)N1CCC(c2cnc3[nH]cc(-c4oncc4-c4cccc(F)c4F)c3c2)CC1. The second-order valence-electron chi connectivity index (χ2n) is 30.2. The number of benzene rings is 5. The van der Waals surface area contributed by atoms with Gasteiger partial charge in [0.2, 0.25) is 17.7 Å². The van der Waals surface area contributed by atoms with Crippen LogP contribution in [0.4, 0.5) is 40.8 Å². The summed E-state index contributed by atoms with van der Waals surface area (Å²) in [6.45, 7) is 7.66. The Morgan fingerprint density at radius 2 is 0.742 bits per heavy atom. The minimum atomic E-state index is -0.967. The number of carbonyl (C=O) groups excluding carboxylic acids is 3. The molecule has 5 aromatic carbocycles. The van der Waals surface area contributed by atoms with E-state index in [1.807, 2.05) is 59.9 Å². The minimum Gasteiger partial charge on any atom is -0.356 e. The van der Waals surface area contributed by atoms with Gasteiger partial charge < -0.3 is 58.5 Å². The summed E-state index contributed by atoms with van der Waals surface area (Å²) < 4.78 is 134. The number of hydrogen-bond acceptors (Lipinski definition) is 17. The summed E-state index contributed by atoms with van der Waals surface area (Å²) in [6.07, 6.45) is 25.0. The van der Waals surface area contributed by atoms with E-state index in [0.29, 0.717) is 110 Å². The zero-order chi connectivity index (χ0) is 85.8. The molecule has 0 bridgehead atoms. The minimum absolute atomic E-state index is 0.0581. The molecule has 6 N–H and O–H groups in total. The first-order chi connectivity index (χ1) is 60.3. The van der Waals surface area contributed by atoms with E-state index < -0.39 is 46.5 Å². The lowest BCUT2D eigenvalue weighted by atomic mass is 9.89. The monoisotopic (exact) mass is 1680 g/mol. The van der Waals surface area contributed by atoms with Gasteiger partial charge in [-0.05, 0) is 152 Å². The van der Waals surface area contributed by atoms with Crippen molar-refractivity contribution in [1.29, 1.82) is 5.26 Å². The van der Waals surface area contributed by atoms with Crippen LogP contribution in [0.25, 0.3) is 145 Å². The Hall–Kier alpha value is -15.0. The molecular weight excluding hydrogens is 1610 g/mol. The van der Waals surface area contributed by atoms with Crippen molar-refractivity contribution in [1.82, 2.24) is 75.6 Å². The predicted octanol–water partition coefficient (Wildman–Crippen LogP) is 20.1. The Labute approximate surface area is 699 Å². The van der Waals surface area contributed by atoms with Crippen LogP contribution < -0.4 is 10.6 Å². The standard InChI is InChI=1S/C24H19F2N5O2.C24H16F2N4O2.C23H20F2N4O2.C21H18F2N4O/c25-20-3-1-2-16(22(20)26)19-13-30-33-23(19)18-12-29-24-17(18)10-15(11-28-24)14-5-8-31(9-6-14)21(32)4-7-27;1-13(31)30-16-5-2-4-14(8-16)15-9-18-19(11-28-24(18)27-10-15)23-20(12-29-32-23)17-6-3-7-21(25)22(17)26;1-13(30)29-7-5-14(6-8-29)15-9-17-18(11-27-23(17)26-10-15)22-19(12-28-31-22)16-3-2-4-20(24)21(16)25;22-18-3-1-2-14(19(18)23)17-11-27-28-20(17)16-10-26-21-15(16)8-13(9-25-21)12-4-6-24-7-5-12/h1-3,10-14H,4-6,8-9H2,(H,28,29);2-12H,1H3,(H,27,28)(H,30,31);2-4,9-12,14H,5-8H2,1H3,(H,26,27);1-3,8-12,24H,4-7H2,(H,25,26). The van der Waals surface area contributed by atoms with Crippen molar-refractivity contribution in [2.75, 3.05) is 44.6 Å². The van der Waals surface area contributed by atoms with E-state index in [4.69, 9.17) is 23.4 Å². The fourth-order valence-electron chi connectivity index (χ4n) is 16.3. The Morgan fingerprint density at radius 1 is 0.403 bits per heavy atom. The van der Waals surface area contributed by atoms with Crippen LogP contribution in [-0.4, -0.2) is 127 Å². The molecule has 15 heterocycles. The summed E-state index contributed by atoms with van der Waals surface area (Å²) in [5.74, 6) is -5.39. The number of hydrogen-bond donors (Lipinski definition) is 6. The van der Waals surface area contributed by atoms with Crippen LogP contribution in [0.1, 0.15) is 93.2 Å². The molecule has 124 heavy (non-hydrogen) atoms. The highest BCUT2D eigenvalue weighted by Gasteiger charge is 2.31. The average Bonchev–Trinajstić information content (AvgIpc) is 1.61. The first-order valence-electron chi connectivity index (χ1n) is 39.8. The molecular formula is C92H73F8N17O7. The van der Waals surface area contributed by atoms with Gasteiger partial charge in [0.05, 0.1) is 53.1 Å². The Kier molecular flexibility index (Phi) is 23.2. The molecule has 20 rings (SSSR count). The molecule has 0 unspecified atom stereocenters. The first kappa shape index (κ1) is 81.4. The first-order valence-corrected chi connectivity index (χ1v) is 39.8. The van der Waals surface area contributed by atoms with Crippen molar-refractivity contribution in [2.45, 2.75) is 76.5 Å². The Balaban J connectivity index is 0.000000117. The van der Waals surface area contributed by atoms with Crippen molar-refractivity contribution in [2.24, 2.45) is 0 Å². The maximum atomic E-state index is 14.4. The highest BCUT2D eigenvalue weighted by Crippen LogP contribution is 2.45. The third-order valence-electron chi connectivity index (χ3n) is 22.7. The second kappa shape index (κ2) is 35.4. The lowest BCUT2D eigenvalue weighted by Gasteiger charge is -2.31. The number of H-pyrrole nitrogens is 4. The number of nitrogens with one attached hydrogen (secondary N) is 6. The second-order valence-corrected chi connectivity index (χ2v) is 30.2. The zero-order valence-corrected chi connectivity index (χ0v) is 66.2. The van der Waals surface area contributed by atoms with E-state index in [1.165, 1.54) is 85.8 Å². The van der Waals surface area contributed by atoms with Crippen molar-refractivity contribution in [3.05, 3.63) is 259 Å². The summed E-state index contributed by atoms with van der Waals surface area (Å²) in [5.41, 5.74) is 12.7. The van der Waals surface area contributed by atoms with E-state index in [-0.39, 0.29) is 52.3 Å². The van der Waals surface area contributed by atoms with Gasteiger partial charge in [0, 0.05) is 167 Å². The summed E-state index contributed by atoms with van der Waals surface area (Å²) in [6, 6.07) is 33.4. The number of piperidine rings is 3. The quantitative estimate of drug-likeness (QED) is 0.0551. The maximum Gasteiger partial charge on any atom is 0.236 e. The van der Waals surface area contributed by atoms with Crippen LogP contribution in [0, 0.1) is 57.9 Å². The number of pyridine rings is 4. The summed E-state index contributed by atoms with van der Waals surface area (Å²) in [7, 11) is 0. The van der Waals surface area contributed by atoms with E-state index in [1.54, 1.807) is 48.9 Å². The van der Waals surface area contributed by atoms with Crippen LogP contribution in [0.2, 0.25) is 0 Å². The molecule has 17 aromatic rings. The number of nitrogens with zero attached hydrogens (tertiary/aromatic N) is 11. The normalized spacial score (nSPS) is 13.9. The molecule has 0 atom stereocenters. The number of likely N-dealkylation sites (tertiary alicyclic amines) is 2. The number of carbonyl (C=O) groups is 3. The summed E-state index contributed by atoms with van der Waals surface area (Å²) in [5, 5.41) is 33.4. The number of anilines is 1. The van der Waals surface area contributed by atoms with E-state index in [0.717, 1.165) is 144 Å². The molecule has 3 aliphatic heterocycles. The molecule has 24 nitrogen and oxygen atoms in total. The third-order valence-corrected chi connectivity index (χ3v) is 22.7. The fraction of sp³-hybridized carbons (Fsp3) is 0.196. The van der Waals surface area contributed by atoms with Crippen LogP contribution in [0.3, 0.4) is 0 Å². The van der Waals surface area contributed by atoms with Gasteiger partial charge in [0.1, 0.15) is 29.0 Å². The van der Waals surface area contributed by atoms with Crippen LogP contribution in [0.15, 0.2) is 214 Å². The van der Waals surface area contributed by atoms with Crippen molar-refractivity contribution < 1.29 is 67.6 Å². The van der Waals surface area contributed by atoms with Crippen LogP contribution in [0.5, 0.6) is 0 Å². The van der Waals surface area contributed by atoms with Crippen LogP contribution in [-0.2, 0) is 14.4 Å². The van der Waals surface area contributed by atoms with Crippen molar-refractivity contribution in [3.8, 4) is 107 Å². The van der Waals surface area contributed by atoms with E-state index in [9.17, 15) is 49.5 Å². The Bertz CT molecular complexity index is 6890. The molecule has 32 heteroatoms. The molecule has 0 aliphatic carbocycles. The molecule has 0 radical (unpaired) electrons. The predicted molar refractivity (Wildman–Crippen MR) is 445 cm³/mol. The van der Waals surface area contributed by atoms with Crippen molar-refractivity contribution in [3.63, 3.8) is 0 Å². The van der Waals surface area contributed by atoms with E-state index >= 15 is 0 Å². The largest absolute Gasteiger partial charge is 0.356 e. The van der Waals surface area contributed by atoms with Crippen LogP contribution >= 0.6 is 0 Å². The molecule has 3 amide bonds. The molecule has 3 fully saturated rings. The van der Waals surface area contributed by atoms with Crippen molar-refractivity contribution >= 4 is 67.5 Å². The highest BCUT2D eigenvalue weighted by atomic mass is 19.2. The number of aromatic nitrogens is 12. The Morgan fingerprint density at radius 3 is 1.10 bits per heavy atom. The smallest absolute Gasteiger partial charge is 0.236 e. The van der Waals surface area contributed by atoms with Gasteiger partial charge in [0.15, 0.2) is 69.6 Å². The zero-order valence-electron chi connectivity index (χ0n) is 66.2. The lowest BCUT2D eigenvalue weighted by Crippen LogP contribution is -2.37. The van der Waals surface area contributed by atoms with Gasteiger partial charge >= 0.3 is 0 Å². The maximum absolute atomic E-state index is 14.4. The number of rotatable bonds is 14. The molecule has 0 spiro atoms. The molecule has 3 aliphatic rings. The van der Waals surface area contributed by atoms with Gasteiger partial charge in [0.25, 0.3) is 0 Å². The summed E-state index contributed by atoms with van der Waals surface area (Å²) in [4.78, 5) is 69.0. The number of fused-ring (bicyclic) bond motifs is 4. The summed E-state index contributed by atoms with van der Waals surface area (Å²) >= 11 is 0. The average molecular weight is 1680 g/mol. The fourth-order valence-corrected chi connectivity index (χ4v) is 16.3. The van der Waals surface area contributed by atoms with E-state index in [2.05, 4.69) is 83.3 Å². The highest BCUT2D eigenvalue weighted by molar-refractivity contribution is 6.01. The number of halogens is 8. The molecule has 624 valence electrons.